The first kappa shape index (κ1) is 15.9. The summed E-state index contributed by atoms with van der Waals surface area (Å²) in [6.45, 7) is 14.0. The Kier molecular flexibility index (Phi) is 7.20. The van der Waals surface area contributed by atoms with Crippen LogP contribution in [-0.2, 0) is 0 Å². The quantitative estimate of drug-likeness (QED) is 0.785. The summed E-state index contributed by atoms with van der Waals surface area (Å²) in [7, 11) is 2.25. The van der Waals surface area contributed by atoms with Crippen molar-refractivity contribution in [3.63, 3.8) is 0 Å². The van der Waals surface area contributed by atoms with Crippen LogP contribution in [0.5, 0.6) is 0 Å². The van der Waals surface area contributed by atoms with Crippen LogP contribution in [-0.4, -0.2) is 61.2 Å². The summed E-state index contributed by atoms with van der Waals surface area (Å²) in [5.74, 6) is 0. The highest BCUT2D eigenvalue weighted by Gasteiger charge is 2.25. The minimum absolute atomic E-state index is 0.592. The molecule has 0 aromatic rings. The minimum Gasteiger partial charge on any atom is -0.313 e. The van der Waals surface area contributed by atoms with E-state index in [0.717, 1.165) is 6.54 Å². The molecule has 3 nitrogen and oxygen atoms in total. The molecular weight excluding hydrogens is 222 g/mol. The summed E-state index contributed by atoms with van der Waals surface area (Å²) in [5, 5.41) is 3.62. The lowest BCUT2D eigenvalue weighted by molar-refractivity contribution is 0.131. The molecule has 1 saturated heterocycles. The van der Waals surface area contributed by atoms with Crippen molar-refractivity contribution in [3.05, 3.63) is 0 Å². The number of hydrogen-bond acceptors (Lipinski definition) is 3. The monoisotopic (exact) mass is 255 g/mol. The van der Waals surface area contributed by atoms with Crippen LogP contribution in [0, 0.1) is 0 Å². The van der Waals surface area contributed by atoms with Crippen LogP contribution in [0.3, 0.4) is 0 Å². The van der Waals surface area contributed by atoms with E-state index in [1.54, 1.807) is 0 Å². The molecule has 2 atom stereocenters. The van der Waals surface area contributed by atoms with Gasteiger partial charge in [0.05, 0.1) is 0 Å². The van der Waals surface area contributed by atoms with Crippen molar-refractivity contribution >= 4 is 0 Å². The highest BCUT2D eigenvalue weighted by Crippen LogP contribution is 2.15. The molecule has 0 spiro atoms. The van der Waals surface area contributed by atoms with E-state index in [-0.39, 0.29) is 0 Å². The predicted molar refractivity (Wildman–Crippen MR) is 80.1 cm³/mol. The van der Waals surface area contributed by atoms with Crippen molar-refractivity contribution in [2.75, 3.05) is 33.2 Å². The molecule has 1 N–H and O–H groups in total. The molecule has 1 aliphatic heterocycles. The standard InChI is InChI=1S/C15H33N3/c1-6-8-15(11-16-13(2)3)18-10-7-9-17(5)12-14(18)4/h13-16H,6-12H2,1-5H3. The summed E-state index contributed by atoms with van der Waals surface area (Å²) in [4.78, 5) is 5.21. The molecule has 0 amide bonds. The van der Waals surface area contributed by atoms with Gasteiger partial charge in [0.1, 0.15) is 0 Å². The van der Waals surface area contributed by atoms with Gasteiger partial charge in [0, 0.05) is 37.8 Å². The number of hydrogen-bond donors (Lipinski definition) is 1. The third kappa shape index (κ3) is 5.25. The zero-order valence-electron chi connectivity index (χ0n) is 13.1. The Morgan fingerprint density at radius 3 is 2.61 bits per heavy atom. The maximum atomic E-state index is 3.62. The molecule has 108 valence electrons. The fraction of sp³-hybridized carbons (Fsp3) is 1.00. The molecule has 0 aromatic carbocycles. The fourth-order valence-corrected chi connectivity index (χ4v) is 3.02. The molecule has 18 heavy (non-hydrogen) atoms. The van der Waals surface area contributed by atoms with Gasteiger partial charge < -0.3 is 10.2 Å². The average Bonchev–Trinajstić information content (AvgIpc) is 2.45. The van der Waals surface area contributed by atoms with E-state index in [1.807, 2.05) is 0 Å². The number of likely N-dealkylation sites (N-methyl/N-ethyl adjacent to an activating group) is 1. The van der Waals surface area contributed by atoms with Crippen LogP contribution in [0.25, 0.3) is 0 Å². The van der Waals surface area contributed by atoms with Gasteiger partial charge in [-0.25, -0.2) is 0 Å². The van der Waals surface area contributed by atoms with Crippen LogP contribution in [0.1, 0.15) is 47.0 Å². The van der Waals surface area contributed by atoms with E-state index in [1.165, 1.54) is 38.9 Å². The molecule has 1 aliphatic rings. The lowest BCUT2D eigenvalue weighted by atomic mass is 10.1. The molecule has 0 saturated carbocycles. The molecule has 0 aromatic heterocycles. The SMILES string of the molecule is CCCC(CNC(C)C)N1CCCN(C)CC1C. The van der Waals surface area contributed by atoms with E-state index in [0.29, 0.717) is 18.1 Å². The highest BCUT2D eigenvalue weighted by atomic mass is 15.3. The molecule has 3 heteroatoms. The van der Waals surface area contributed by atoms with Gasteiger partial charge in [0.25, 0.3) is 0 Å². The van der Waals surface area contributed by atoms with Gasteiger partial charge in [-0.3, -0.25) is 4.90 Å². The Morgan fingerprint density at radius 2 is 2.00 bits per heavy atom. The average molecular weight is 255 g/mol. The second-order valence-electron chi connectivity index (χ2n) is 6.21. The summed E-state index contributed by atoms with van der Waals surface area (Å²) in [5.41, 5.74) is 0. The Hall–Kier alpha value is -0.120. The van der Waals surface area contributed by atoms with Gasteiger partial charge in [-0.05, 0) is 33.4 Å². The van der Waals surface area contributed by atoms with E-state index in [9.17, 15) is 0 Å². The maximum Gasteiger partial charge on any atom is 0.0224 e. The van der Waals surface area contributed by atoms with Gasteiger partial charge in [0.2, 0.25) is 0 Å². The van der Waals surface area contributed by atoms with Gasteiger partial charge in [-0.1, -0.05) is 27.2 Å². The maximum absolute atomic E-state index is 3.62. The number of nitrogens with zero attached hydrogens (tertiary/aromatic N) is 2. The molecule has 1 rings (SSSR count). The molecule has 1 fully saturated rings. The van der Waals surface area contributed by atoms with Gasteiger partial charge in [0.15, 0.2) is 0 Å². The highest BCUT2D eigenvalue weighted by molar-refractivity contribution is 4.83. The summed E-state index contributed by atoms with van der Waals surface area (Å²) < 4.78 is 0. The van der Waals surface area contributed by atoms with Crippen LogP contribution in [0.4, 0.5) is 0 Å². The fourth-order valence-electron chi connectivity index (χ4n) is 3.02. The Labute approximate surface area is 114 Å². The molecular formula is C15H33N3. The lowest BCUT2D eigenvalue weighted by Crippen LogP contribution is -2.49. The minimum atomic E-state index is 0.592. The molecule has 1 heterocycles. The molecule has 2 unspecified atom stereocenters. The van der Waals surface area contributed by atoms with Crippen molar-refractivity contribution in [3.8, 4) is 0 Å². The van der Waals surface area contributed by atoms with Crippen LogP contribution < -0.4 is 5.32 Å². The molecule has 0 radical (unpaired) electrons. The summed E-state index contributed by atoms with van der Waals surface area (Å²) in [6, 6.07) is 1.98. The third-order valence-electron chi connectivity index (χ3n) is 3.95. The lowest BCUT2D eigenvalue weighted by Gasteiger charge is -2.36. The Morgan fingerprint density at radius 1 is 1.28 bits per heavy atom. The first-order valence-corrected chi connectivity index (χ1v) is 7.72. The van der Waals surface area contributed by atoms with Crippen molar-refractivity contribution < 1.29 is 0 Å². The summed E-state index contributed by atoms with van der Waals surface area (Å²) in [6.07, 6.45) is 3.90. The van der Waals surface area contributed by atoms with Crippen molar-refractivity contribution in [2.45, 2.75) is 65.1 Å². The topological polar surface area (TPSA) is 18.5 Å². The molecule has 0 bridgehead atoms. The van der Waals surface area contributed by atoms with Gasteiger partial charge >= 0.3 is 0 Å². The van der Waals surface area contributed by atoms with Crippen LogP contribution in [0.15, 0.2) is 0 Å². The van der Waals surface area contributed by atoms with E-state index >= 15 is 0 Å². The Bertz CT molecular complexity index is 218. The number of rotatable bonds is 6. The third-order valence-corrected chi connectivity index (χ3v) is 3.95. The Balaban J connectivity index is 2.58. The first-order valence-electron chi connectivity index (χ1n) is 7.72. The van der Waals surface area contributed by atoms with Crippen molar-refractivity contribution in [2.24, 2.45) is 0 Å². The second-order valence-corrected chi connectivity index (χ2v) is 6.21. The van der Waals surface area contributed by atoms with Crippen LogP contribution in [0.2, 0.25) is 0 Å². The van der Waals surface area contributed by atoms with Crippen LogP contribution >= 0.6 is 0 Å². The van der Waals surface area contributed by atoms with E-state index < -0.39 is 0 Å². The first-order chi connectivity index (χ1) is 8.54. The summed E-state index contributed by atoms with van der Waals surface area (Å²) >= 11 is 0. The largest absolute Gasteiger partial charge is 0.313 e. The van der Waals surface area contributed by atoms with Crippen molar-refractivity contribution in [1.82, 2.24) is 15.1 Å². The number of nitrogens with one attached hydrogen (secondary N) is 1. The molecule has 0 aliphatic carbocycles. The van der Waals surface area contributed by atoms with E-state index in [4.69, 9.17) is 0 Å². The smallest absolute Gasteiger partial charge is 0.0224 e. The van der Waals surface area contributed by atoms with Crippen molar-refractivity contribution in [1.29, 1.82) is 0 Å². The van der Waals surface area contributed by atoms with Gasteiger partial charge in [-0.2, -0.15) is 0 Å². The zero-order valence-corrected chi connectivity index (χ0v) is 13.1. The van der Waals surface area contributed by atoms with Gasteiger partial charge in [-0.15, -0.1) is 0 Å². The predicted octanol–water partition coefficient (Wildman–Crippen LogP) is 2.18. The normalized spacial score (nSPS) is 25.3. The van der Waals surface area contributed by atoms with E-state index in [2.05, 4.69) is 49.9 Å². The zero-order chi connectivity index (χ0) is 13.5. The second kappa shape index (κ2) is 8.13.